The second-order valence-corrected chi connectivity index (χ2v) is 8.43. The third-order valence-corrected chi connectivity index (χ3v) is 5.77. The number of pyridine rings is 1. The van der Waals surface area contributed by atoms with Gasteiger partial charge < -0.3 is 19.5 Å². The second-order valence-electron chi connectivity index (χ2n) is 8.43. The lowest BCUT2D eigenvalue weighted by molar-refractivity contribution is 0.146. The molecular weight excluding hydrogens is 456 g/mol. The number of hydrogen-bond acceptors (Lipinski definition) is 6. The number of rotatable bonds is 11. The highest BCUT2D eigenvalue weighted by atomic mass is 16.5. The number of nitrogens with zero attached hydrogens (tertiary/aromatic N) is 3. The second kappa shape index (κ2) is 11.6. The van der Waals surface area contributed by atoms with Gasteiger partial charge in [-0.2, -0.15) is 5.10 Å². The van der Waals surface area contributed by atoms with Gasteiger partial charge in [0.25, 0.3) is 5.56 Å². The molecule has 0 fully saturated rings. The van der Waals surface area contributed by atoms with Crippen LogP contribution in [0.2, 0.25) is 0 Å². The molecule has 0 aliphatic carbocycles. The van der Waals surface area contributed by atoms with Crippen molar-refractivity contribution in [2.24, 2.45) is 7.05 Å². The molecule has 0 saturated heterocycles. The first kappa shape index (κ1) is 25.1. The van der Waals surface area contributed by atoms with Crippen LogP contribution in [-0.2, 0) is 18.3 Å². The molecule has 0 amide bonds. The zero-order chi connectivity index (χ0) is 25.5. The third-order valence-electron chi connectivity index (χ3n) is 5.77. The van der Waals surface area contributed by atoms with E-state index in [1.807, 2.05) is 75.8 Å². The number of aromatic nitrogens is 3. The zero-order valence-corrected chi connectivity index (χ0v) is 21.2. The summed E-state index contributed by atoms with van der Waals surface area (Å²) in [6.45, 7) is 6.12. The van der Waals surface area contributed by atoms with Crippen molar-refractivity contribution in [2.45, 2.75) is 20.4 Å². The normalized spacial score (nSPS) is 10.9. The van der Waals surface area contributed by atoms with E-state index in [2.05, 4.69) is 10.4 Å². The Kier molecular flexibility index (Phi) is 8.07. The lowest BCUT2D eigenvalue weighted by Crippen LogP contribution is -2.19. The first-order chi connectivity index (χ1) is 17.5. The Bertz CT molecular complexity index is 1360. The minimum Gasteiger partial charge on any atom is -0.494 e. The summed E-state index contributed by atoms with van der Waals surface area (Å²) >= 11 is 0. The van der Waals surface area contributed by atoms with E-state index >= 15 is 0 Å². The number of ether oxygens (including phenoxy) is 3. The molecule has 188 valence electrons. The summed E-state index contributed by atoms with van der Waals surface area (Å²) < 4.78 is 19.7. The molecule has 0 saturated carbocycles. The van der Waals surface area contributed by atoms with Gasteiger partial charge in [0.2, 0.25) is 0 Å². The van der Waals surface area contributed by atoms with Crippen LogP contribution in [0.25, 0.3) is 16.8 Å². The van der Waals surface area contributed by atoms with Gasteiger partial charge in [-0.05, 0) is 55.3 Å². The summed E-state index contributed by atoms with van der Waals surface area (Å²) in [5.41, 5.74) is 5.25. The minimum atomic E-state index is -0.126. The van der Waals surface area contributed by atoms with Crippen LogP contribution in [0.15, 0.2) is 71.9 Å². The van der Waals surface area contributed by atoms with Crippen molar-refractivity contribution < 1.29 is 14.2 Å². The van der Waals surface area contributed by atoms with Crippen molar-refractivity contribution >= 4 is 5.69 Å². The molecule has 0 spiro atoms. The number of anilines is 1. The number of aryl methyl sites for hydroxylation is 2. The van der Waals surface area contributed by atoms with Crippen LogP contribution >= 0.6 is 0 Å². The van der Waals surface area contributed by atoms with Crippen LogP contribution in [0.4, 0.5) is 5.69 Å². The summed E-state index contributed by atoms with van der Waals surface area (Å²) in [6, 6.07) is 15.3. The lowest BCUT2D eigenvalue weighted by Gasteiger charge is -2.16. The molecule has 4 rings (SSSR count). The molecular formula is C28H32N4O4. The van der Waals surface area contributed by atoms with Gasteiger partial charge in [0.05, 0.1) is 25.1 Å². The van der Waals surface area contributed by atoms with Gasteiger partial charge in [-0.1, -0.05) is 12.1 Å². The Morgan fingerprint density at radius 2 is 1.75 bits per heavy atom. The highest BCUT2D eigenvalue weighted by Crippen LogP contribution is 2.29. The SMILES string of the molecule is CCOc1ccc(-n2cc(-c3cnn(C)c3)c(NCc3ccc(OCCOC)cc3)cc2=O)c(C)c1. The van der Waals surface area contributed by atoms with Crippen molar-refractivity contribution in [1.82, 2.24) is 14.3 Å². The van der Waals surface area contributed by atoms with Crippen molar-refractivity contribution in [1.29, 1.82) is 0 Å². The molecule has 2 aromatic heterocycles. The van der Waals surface area contributed by atoms with Gasteiger partial charge in [-0.3, -0.25) is 14.0 Å². The fraction of sp³-hybridized carbons (Fsp3) is 0.286. The third kappa shape index (κ3) is 5.95. The van der Waals surface area contributed by atoms with Crippen LogP contribution in [0, 0.1) is 6.92 Å². The molecule has 0 aliphatic rings. The fourth-order valence-electron chi connectivity index (χ4n) is 3.96. The van der Waals surface area contributed by atoms with Gasteiger partial charge in [-0.25, -0.2) is 0 Å². The smallest absolute Gasteiger partial charge is 0.257 e. The summed E-state index contributed by atoms with van der Waals surface area (Å²) in [5.74, 6) is 1.58. The molecule has 8 heteroatoms. The zero-order valence-electron chi connectivity index (χ0n) is 21.2. The maximum atomic E-state index is 13.2. The Morgan fingerprint density at radius 1 is 0.972 bits per heavy atom. The maximum Gasteiger partial charge on any atom is 0.257 e. The van der Waals surface area contributed by atoms with E-state index in [1.54, 1.807) is 28.6 Å². The van der Waals surface area contributed by atoms with E-state index < -0.39 is 0 Å². The predicted octanol–water partition coefficient (Wildman–Crippen LogP) is 4.58. The van der Waals surface area contributed by atoms with E-state index in [9.17, 15) is 4.79 Å². The van der Waals surface area contributed by atoms with Crippen LogP contribution in [0.3, 0.4) is 0 Å². The number of benzene rings is 2. The monoisotopic (exact) mass is 488 g/mol. The van der Waals surface area contributed by atoms with Crippen LogP contribution < -0.4 is 20.3 Å². The van der Waals surface area contributed by atoms with Crippen LogP contribution in [-0.4, -0.2) is 41.3 Å². The van der Waals surface area contributed by atoms with E-state index in [0.717, 1.165) is 45.1 Å². The highest BCUT2D eigenvalue weighted by molar-refractivity contribution is 5.76. The molecule has 2 aromatic carbocycles. The van der Waals surface area contributed by atoms with Crippen molar-refractivity contribution in [3.05, 3.63) is 88.6 Å². The van der Waals surface area contributed by atoms with Crippen LogP contribution in [0.1, 0.15) is 18.1 Å². The maximum absolute atomic E-state index is 13.2. The van der Waals surface area contributed by atoms with Crippen molar-refractivity contribution in [3.63, 3.8) is 0 Å². The Balaban J connectivity index is 1.62. The van der Waals surface area contributed by atoms with E-state index in [4.69, 9.17) is 14.2 Å². The van der Waals surface area contributed by atoms with E-state index in [1.165, 1.54) is 0 Å². The van der Waals surface area contributed by atoms with E-state index in [-0.39, 0.29) is 5.56 Å². The van der Waals surface area contributed by atoms with Gasteiger partial charge in [-0.15, -0.1) is 0 Å². The number of hydrogen-bond donors (Lipinski definition) is 1. The Hall–Kier alpha value is -4.04. The average Bonchev–Trinajstić information content (AvgIpc) is 3.30. The largest absolute Gasteiger partial charge is 0.494 e. The van der Waals surface area contributed by atoms with Crippen molar-refractivity contribution in [2.75, 3.05) is 32.2 Å². The number of nitrogens with one attached hydrogen (secondary N) is 1. The topological polar surface area (TPSA) is 79.5 Å². The average molecular weight is 489 g/mol. The Labute approximate surface area is 211 Å². The van der Waals surface area contributed by atoms with Crippen LogP contribution in [0.5, 0.6) is 11.5 Å². The van der Waals surface area contributed by atoms with Gasteiger partial charge >= 0.3 is 0 Å². The lowest BCUT2D eigenvalue weighted by atomic mass is 10.1. The molecule has 1 N–H and O–H groups in total. The van der Waals surface area contributed by atoms with Gasteiger partial charge in [0.15, 0.2) is 0 Å². The first-order valence-electron chi connectivity index (χ1n) is 11.9. The molecule has 0 radical (unpaired) electrons. The van der Waals surface area contributed by atoms with Gasteiger partial charge in [0, 0.05) is 56.0 Å². The first-order valence-corrected chi connectivity index (χ1v) is 11.9. The number of methoxy groups -OCH3 is 1. The molecule has 0 bridgehead atoms. The molecule has 4 aromatic rings. The fourth-order valence-corrected chi connectivity index (χ4v) is 3.96. The Morgan fingerprint density at radius 3 is 2.42 bits per heavy atom. The van der Waals surface area contributed by atoms with Gasteiger partial charge in [0.1, 0.15) is 18.1 Å². The quantitative estimate of drug-likeness (QED) is 0.311. The summed E-state index contributed by atoms with van der Waals surface area (Å²) in [4.78, 5) is 13.2. The molecule has 2 heterocycles. The molecule has 0 unspecified atom stereocenters. The molecule has 0 aliphatic heterocycles. The molecule has 36 heavy (non-hydrogen) atoms. The molecule has 0 atom stereocenters. The standard InChI is InChI=1S/C28H32N4O4/c1-5-35-24-10-11-27(20(2)14-24)32-19-25(22-17-30-31(3)18-22)26(15-28(32)33)29-16-21-6-8-23(9-7-21)36-13-12-34-4/h6-11,14-15,17-19,29H,5,12-13,16H2,1-4H3. The highest BCUT2D eigenvalue weighted by Gasteiger charge is 2.14. The minimum absolute atomic E-state index is 0.126. The summed E-state index contributed by atoms with van der Waals surface area (Å²) in [6.07, 6.45) is 5.61. The summed E-state index contributed by atoms with van der Waals surface area (Å²) in [7, 11) is 3.52. The summed E-state index contributed by atoms with van der Waals surface area (Å²) in [5, 5.41) is 7.77. The van der Waals surface area contributed by atoms with Crippen molar-refractivity contribution in [3.8, 4) is 28.3 Å². The van der Waals surface area contributed by atoms with E-state index in [0.29, 0.717) is 26.4 Å². The predicted molar refractivity (Wildman–Crippen MR) is 141 cm³/mol. The molecule has 8 nitrogen and oxygen atoms in total.